The molecule has 0 aliphatic rings. The van der Waals surface area contributed by atoms with Gasteiger partial charge in [0.05, 0.1) is 12.2 Å². The second-order valence-corrected chi connectivity index (χ2v) is 4.27. The molecule has 0 N–H and O–H groups in total. The summed E-state index contributed by atoms with van der Waals surface area (Å²) in [6, 6.07) is 7.82. The van der Waals surface area contributed by atoms with Crippen LogP contribution in [0, 0.1) is 24.2 Å². The summed E-state index contributed by atoms with van der Waals surface area (Å²) in [4.78, 5) is 0. The van der Waals surface area contributed by atoms with Crippen LogP contribution < -0.4 is 4.74 Å². The van der Waals surface area contributed by atoms with E-state index >= 15 is 0 Å². The summed E-state index contributed by atoms with van der Waals surface area (Å²) >= 11 is 0. The lowest BCUT2D eigenvalue weighted by Crippen LogP contribution is -2.09. The fourth-order valence-corrected chi connectivity index (χ4v) is 1.73. The van der Waals surface area contributed by atoms with Crippen LogP contribution in [0.4, 0.5) is 0 Å². The zero-order valence-electron chi connectivity index (χ0n) is 10.3. The van der Waals surface area contributed by atoms with Crippen molar-refractivity contribution in [2.45, 2.75) is 33.6 Å². The lowest BCUT2D eigenvalue weighted by molar-refractivity contribution is 0.249. The molecule has 1 aromatic rings. The molecule has 1 rings (SSSR count). The molecule has 0 saturated carbocycles. The van der Waals surface area contributed by atoms with Gasteiger partial charge in [-0.2, -0.15) is 5.26 Å². The maximum Gasteiger partial charge on any atom is 0.139 e. The Morgan fingerprint density at radius 2 is 2.19 bits per heavy atom. The first-order valence-corrected chi connectivity index (χ1v) is 5.81. The fourth-order valence-electron chi connectivity index (χ4n) is 1.73. The Hall–Kier alpha value is -1.49. The maximum atomic E-state index is 8.98. The molecule has 0 aromatic heterocycles. The van der Waals surface area contributed by atoms with Crippen LogP contribution >= 0.6 is 0 Å². The second kappa shape index (κ2) is 6.17. The summed E-state index contributed by atoms with van der Waals surface area (Å²) in [5, 5.41) is 8.98. The number of nitrogens with zero attached hydrogens (tertiary/aromatic N) is 1. The van der Waals surface area contributed by atoms with Crippen LogP contribution in [-0.4, -0.2) is 6.61 Å². The van der Waals surface area contributed by atoms with Gasteiger partial charge >= 0.3 is 0 Å². The molecular weight excluding hydrogens is 198 g/mol. The molecule has 0 amide bonds. The highest BCUT2D eigenvalue weighted by Crippen LogP contribution is 2.23. The zero-order chi connectivity index (χ0) is 12.0. The van der Waals surface area contributed by atoms with Crippen LogP contribution in [0.5, 0.6) is 5.75 Å². The number of aryl methyl sites for hydroxylation is 1. The predicted molar refractivity (Wildman–Crippen MR) is 65.5 cm³/mol. The second-order valence-electron chi connectivity index (χ2n) is 4.27. The molecule has 16 heavy (non-hydrogen) atoms. The van der Waals surface area contributed by atoms with Crippen LogP contribution in [0.1, 0.15) is 37.8 Å². The van der Waals surface area contributed by atoms with Crippen molar-refractivity contribution in [2.75, 3.05) is 6.61 Å². The third kappa shape index (κ3) is 3.27. The van der Waals surface area contributed by atoms with E-state index in [1.165, 1.54) is 6.42 Å². The third-order valence-corrected chi connectivity index (χ3v) is 2.63. The van der Waals surface area contributed by atoms with Gasteiger partial charge in [0, 0.05) is 0 Å². The van der Waals surface area contributed by atoms with Crippen molar-refractivity contribution in [3.05, 3.63) is 29.3 Å². The lowest BCUT2D eigenvalue weighted by atomic mass is 10.1. The summed E-state index contributed by atoms with van der Waals surface area (Å²) in [7, 11) is 0. The Balaban J connectivity index is 2.70. The number of ether oxygens (including phenoxy) is 1. The predicted octanol–water partition coefficient (Wildman–Crippen LogP) is 3.68. The number of nitriles is 1. The molecule has 1 unspecified atom stereocenters. The lowest BCUT2D eigenvalue weighted by Gasteiger charge is -2.14. The Bertz CT molecular complexity index is 379. The van der Waals surface area contributed by atoms with Crippen LogP contribution in [-0.2, 0) is 0 Å². The minimum atomic E-state index is 0.538. The molecule has 0 spiro atoms. The average Bonchev–Trinajstić information content (AvgIpc) is 2.27. The Morgan fingerprint density at radius 3 is 2.81 bits per heavy atom. The van der Waals surface area contributed by atoms with E-state index in [2.05, 4.69) is 19.9 Å². The normalized spacial score (nSPS) is 11.9. The first-order valence-electron chi connectivity index (χ1n) is 5.81. The molecule has 86 valence electrons. The van der Waals surface area contributed by atoms with Gasteiger partial charge in [-0.05, 0) is 30.9 Å². The largest absolute Gasteiger partial charge is 0.492 e. The fraction of sp³-hybridized carbons (Fsp3) is 0.500. The Labute approximate surface area is 97.9 Å². The maximum absolute atomic E-state index is 8.98. The van der Waals surface area contributed by atoms with Crippen molar-refractivity contribution in [1.82, 2.24) is 0 Å². The molecule has 2 heteroatoms. The molecule has 0 fully saturated rings. The van der Waals surface area contributed by atoms with E-state index in [9.17, 15) is 0 Å². The minimum Gasteiger partial charge on any atom is -0.492 e. The van der Waals surface area contributed by atoms with Gasteiger partial charge in [0.2, 0.25) is 0 Å². The first kappa shape index (κ1) is 12.6. The van der Waals surface area contributed by atoms with E-state index in [0.717, 1.165) is 17.7 Å². The summed E-state index contributed by atoms with van der Waals surface area (Å²) in [6.45, 7) is 7.01. The van der Waals surface area contributed by atoms with Gasteiger partial charge in [-0.3, -0.25) is 0 Å². The van der Waals surface area contributed by atoms with Crippen LogP contribution in [0.15, 0.2) is 18.2 Å². The summed E-state index contributed by atoms with van der Waals surface area (Å²) < 4.78 is 5.75. The summed E-state index contributed by atoms with van der Waals surface area (Å²) in [6.07, 6.45) is 2.33. The first-order chi connectivity index (χ1) is 7.69. The van der Waals surface area contributed by atoms with Gasteiger partial charge in [0.1, 0.15) is 11.8 Å². The van der Waals surface area contributed by atoms with E-state index < -0.39 is 0 Å². The van der Waals surface area contributed by atoms with Gasteiger partial charge in [0.25, 0.3) is 0 Å². The zero-order valence-corrected chi connectivity index (χ0v) is 10.3. The van der Waals surface area contributed by atoms with Crippen molar-refractivity contribution in [3.63, 3.8) is 0 Å². The Kier molecular flexibility index (Phi) is 4.85. The number of benzene rings is 1. The van der Waals surface area contributed by atoms with Crippen molar-refractivity contribution < 1.29 is 4.74 Å². The van der Waals surface area contributed by atoms with Gasteiger partial charge in [-0.1, -0.05) is 32.4 Å². The van der Waals surface area contributed by atoms with Gasteiger partial charge in [-0.15, -0.1) is 0 Å². The van der Waals surface area contributed by atoms with Crippen molar-refractivity contribution in [2.24, 2.45) is 5.92 Å². The molecule has 0 aliphatic carbocycles. The van der Waals surface area contributed by atoms with Crippen LogP contribution in [0.25, 0.3) is 0 Å². The molecule has 1 atom stereocenters. The molecule has 1 aromatic carbocycles. The van der Waals surface area contributed by atoms with Crippen molar-refractivity contribution in [3.8, 4) is 11.8 Å². The number of hydrogen-bond donors (Lipinski definition) is 0. The van der Waals surface area contributed by atoms with Gasteiger partial charge in [0.15, 0.2) is 0 Å². The molecule has 0 saturated heterocycles. The van der Waals surface area contributed by atoms with Gasteiger partial charge < -0.3 is 4.74 Å². The quantitative estimate of drug-likeness (QED) is 0.753. The average molecular weight is 217 g/mol. The van der Waals surface area contributed by atoms with E-state index in [1.807, 2.05) is 19.1 Å². The van der Waals surface area contributed by atoms with E-state index in [4.69, 9.17) is 10.00 Å². The van der Waals surface area contributed by atoms with Crippen LogP contribution in [0.2, 0.25) is 0 Å². The highest BCUT2D eigenvalue weighted by atomic mass is 16.5. The third-order valence-electron chi connectivity index (χ3n) is 2.63. The summed E-state index contributed by atoms with van der Waals surface area (Å²) in [5.74, 6) is 1.28. The smallest absolute Gasteiger partial charge is 0.139 e. The molecule has 0 aliphatic heterocycles. The van der Waals surface area contributed by atoms with Gasteiger partial charge in [-0.25, -0.2) is 0 Å². The molecular formula is C14H19NO. The van der Waals surface area contributed by atoms with Crippen molar-refractivity contribution >= 4 is 0 Å². The molecule has 0 bridgehead atoms. The SMILES string of the molecule is CCCC(C)COc1c(C)cccc1C#N. The minimum absolute atomic E-state index is 0.538. The van der Waals surface area contributed by atoms with E-state index in [0.29, 0.717) is 18.1 Å². The highest BCUT2D eigenvalue weighted by Gasteiger charge is 2.08. The van der Waals surface area contributed by atoms with E-state index in [1.54, 1.807) is 6.07 Å². The Morgan fingerprint density at radius 1 is 1.44 bits per heavy atom. The number of hydrogen-bond acceptors (Lipinski definition) is 2. The van der Waals surface area contributed by atoms with Crippen LogP contribution in [0.3, 0.4) is 0 Å². The molecule has 2 nitrogen and oxygen atoms in total. The molecule has 0 radical (unpaired) electrons. The standard InChI is InChI=1S/C14H19NO/c1-4-6-11(2)10-16-14-12(3)7-5-8-13(14)9-15/h5,7-8,11H,4,6,10H2,1-3H3. The van der Waals surface area contributed by atoms with E-state index in [-0.39, 0.29) is 0 Å². The monoisotopic (exact) mass is 217 g/mol. The number of para-hydroxylation sites is 1. The van der Waals surface area contributed by atoms with Crippen molar-refractivity contribution in [1.29, 1.82) is 5.26 Å². The number of rotatable bonds is 5. The topological polar surface area (TPSA) is 33.0 Å². The summed E-state index contributed by atoms with van der Waals surface area (Å²) in [5.41, 5.74) is 1.66. The molecule has 0 heterocycles. The highest BCUT2D eigenvalue weighted by molar-refractivity contribution is 5.47.